The Bertz CT molecular complexity index is 1110. The normalized spacial score (nSPS) is 21.1. The highest BCUT2D eigenvalue weighted by Gasteiger charge is 2.44. The predicted molar refractivity (Wildman–Crippen MR) is 114 cm³/mol. The Morgan fingerprint density at radius 1 is 1.03 bits per heavy atom. The van der Waals surface area contributed by atoms with Crippen LogP contribution in [0.25, 0.3) is 0 Å². The Morgan fingerprint density at radius 3 is 2.59 bits per heavy atom. The Labute approximate surface area is 183 Å². The third-order valence-corrected chi connectivity index (χ3v) is 5.99. The van der Waals surface area contributed by atoms with E-state index in [2.05, 4.69) is 31.0 Å². The molecule has 11 nitrogen and oxygen atoms in total. The van der Waals surface area contributed by atoms with Crippen LogP contribution in [0.3, 0.4) is 0 Å². The van der Waals surface area contributed by atoms with Crippen LogP contribution in [0.15, 0.2) is 24.3 Å². The molecule has 1 aromatic carbocycles. The maximum atomic E-state index is 12.9. The van der Waals surface area contributed by atoms with E-state index in [1.807, 2.05) is 6.07 Å². The standard InChI is InChI=1S/C21H23N7O4/c29-18-4-3-15(19(30)24-18)28-20(31)13-2-1-12(9-14(13)21(28)32)11-23-16-10-17(26-25-16)27-7-5-22-6-8-27/h1-2,9-10,15,22H,3-8,11H2,(H2,23,25,26)(H,24,29,30). The molecule has 3 aliphatic heterocycles. The van der Waals surface area contributed by atoms with Crippen LogP contribution in [-0.2, 0) is 16.1 Å². The molecule has 4 amide bonds. The summed E-state index contributed by atoms with van der Waals surface area (Å²) in [5, 5.41) is 16.1. The molecule has 1 atom stereocenters. The molecule has 166 valence electrons. The molecule has 2 aromatic rings. The molecule has 32 heavy (non-hydrogen) atoms. The first kappa shape index (κ1) is 20.2. The topological polar surface area (TPSA) is 140 Å². The summed E-state index contributed by atoms with van der Waals surface area (Å²) in [6, 6.07) is 6.03. The Kier molecular flexibility index (Phi) is 5.10. The molecule has 1 unspecified atom stereocenters. The van der Waals surface area contributed by atoms with Gasteiger partial charge in [-0.15, -0.1) is 0 Å². The van der Waals surface area contributed by atoms with Gasteiger partial charge in [0.05, 0.1) is 11.1 Å². The predicted octanol–water partition coefficient (Wildman–Crippen LogP) is -0.167. The zero-order valence-corrected chi connectivity index (χ0v) is 17.3. The van der Waals surface area contributed by atoms with E-state index in [-0.39, 0.29) is 24.0 Å². The lowest BCUT2D eigenvalue weighted by Crippen LogP contribution is -2.54. The van der Waals surface area contributed by atoms with E-state index in [0.717, 1.165) is 48.3 Å². The fourth-order valence-electron chi connectivity index (χ4n) is 4.28. The van der Waals surface area contributed by atoms with Crippen molar-refractivity contribution in [2.75, 3.05) is 36.4 Å². The van der Waals surface area contributed by atoms with E-state index in [1.165, 1.54) is 0 Å². The van der Waals surface area contributed by atoms with E-state index < -0.39 is 29.7 Å². The van der Waals surface area contributed by atoms with E-state index in [1.54, 1.807) is 18.2 Å². The van der Waals surface area contributed by atoms with Crippen molar-refractivity contribution in [1.29, 1.82) is 0 Å². The zero-order chi connectivity index (χ0) is 22.2. The molecule has 2 fully saturated rings. The molecule has 5 rings (SSSR count). The number of fused-ring (bicyclic) bond motifs is 1. The summed E-state index contributed by atoms with van der Waals surface area (Å²) in [6.07, 6.45) is 0.235. The van der Waals surface area contributed by atoms with Crippen LogP contribution < -0.4 is 20.9 Å². The Hall–Kier alpha value is -3.73. The number of carbonyl (C=O) groups excluding carboxylic acids is 4. The number of hydrogen-bond acceptors (Lipinski definition) is 8. The minimum Gasteiger partial charge on any atom is -0.366 e. The summed E-state index contributed by atoms with van der Waals surface area (Å²) >= 11 is 0. The quantitative estimate of drug-likeness (QED) is 0.473. The summed E-state index contributed by atoms with van der Waals surface area (Å²) in [4.78, 5) is 52.4. The number of piperidine rings is 1. The number of H-pyrrole nitrogens is 1. The van der Waals surface area contributed by atoms with Gasteiger partial charge in [-0.25, -0.2) is 0 Å². The number of imide groups is 2. The average Bonchev–Trinajstić information content (AvgIpc) is 3.37. The second kappa shape index (κ2) is 8.08. The third-order valence-electron chi connectivity index (χ3n) is 5.99. The molecule has 0 aliphatic carbocycles. The number of hydrogen-bond donors (Lipinski definition) is 4. The molecular formula is C21H23N7O4. The SMILES string of the molecule is O=C1CCC(N2C(=O)c3ccc(CNc4cc(N5CCNCC5)n[nH]4)cc3C2=O)C(=O)N1. The molecule has 0 saturated carbocycles. The van der Waals surface area contributed by atoms with Crippen molar-refractivity contribution in [3.8, 4) is 0 Å². The summed E-state index contributed by atoms with van der Waals surface area (Å²) in [7, 11) is 0. The molecule has 0 spiro atoms. The lowest BCUT2D eigenvalue weighted by atomic mass is 10.0. The number of benzene rings is 1. The number of aromatic amines is 1. The molecule has 0 bridgehead atoms. The zero-order valence-electron chi connectivity index (χ0n) is 17.3. The average molecular weight is 437 g/mol. The highest BCUT2D eigenvalue weighted by atomic mass is 16.2. The molecule has 4 heterocycles. The van der Waals surface area contributed by atoms with Gasteiger partial charge in [-0.3, -0.25) is 34.5 Å². The number of anilines is 2. The van der Waals surface area contributed by atoms with Gasteiger partial charge in [0.15, 0.2) is 5.82 Å². The molecule has 1 aromatic heterocycles. The minimum absolute atomic E-state index is 0.0963. The summed E-state index contributed by atoms with van der Waals surface area (Å²) in [6.45, 7) is 4.07. The maximum Gasteiger partial charge on any atom is 0.262 e. The van der Waals surface area contributed by atoms with Crippen LogP contribution >= 0.6 is 0 Å². The van der Waals surface area contributed by atoms with Crippen LogP contribution in [0.2, 0.25) is 0 Å². The highest BCUT2D eigenvalue weighted by molar-refractivity contribution is 6.23. The number of piperazine rings is 1. The first-order chi connectivity index (χ1) is 15.5. The van der Waals surface area contributed by atoms with E-state index >= 15 is 0 Å². The number of rotatable bonds is 5. The number of amides is 4. The largest absolute Gasteiger partial charge is 0.366 e. The number of carbonyl (C=O) groups is 4. The van der Waals surface area contributed by atoms with Crippen molar-refractivity contribution >= 4 is 35.3 Å². The smallest absolute Gasteiger partial charge is 0.262 e. The molecule has 3 aliphatic rings. The van der Waals surface area contributed by atoms with Gasteiger partial charge < -0.3 is 15.5 Å². The highest BCUT2D eigenvalue weighted by Crippen LogP contribution is 2.28. The van der Waals surface area contributed by atoms with Crippen LogP contribution in [0.4, 0.5) is 11.6 Å². The summed E-state index contributed by atoms with van der Waals surface area (Å²) in [5.74, 6) is -0.389. The van der Waals surface area contributed by atoms with Crippen molar-refractivity contribution in [2.45, 2.75) is 25.4 Å². The first-order valence-corrected chi connectivity index (χ1v) is 10.6. The molecule has 0 radical (unpaired) electrons. The van der Waals surface area contributed by atoms with Crippen LogP contribution in [0.1, 0.15) is 39.1 Å². The molecule has 4 N–H and O–H groups in total. The van der Waals surface area contributed by atoms with Crippen LogP contribution in [0, 0.1) is 0 Å². The summed E-state index contributed by atoms with van der Waals surface area (Å²) in [5.41, 5.74) is 1.35. The molecule has 11 heteroatoms. The number of nitrogens with zero attached hydrogens (tertiary/aromatic N) is 3. The van der Waals surface area contributed by atoms with Gasteiger partial charge in [-0.05, 0) is 24.1 Å². The fraction of sp³-hybridized carbons (Fsp3) is 0.381. The van der Waals surface area contributed by atoms with Gasteiger partial charge >= 0.3 is 0 Å². The number of nitrogens with one attached hydrogen (secondary N) is 4. The van der Waals surface area contributed by atoms with Crippen molar-refractivity contribution in [1.82, 2.24) is 25.7 Å². The van der Waals surface area contributed by atoms with Crippen molar-refractivity contribution < 1.29 is 19.2 Å². The van der Waals surface area contributed by atoms with Gasteiger partial charge in [0, 0.05) is 45.2 Å². The molecular weight excluding hydrogens is 414 g/mol. The van der Waals surface area contributed by atoms with Crippen LogP contribution in [0.5, 0.6) is 0 Å². The lowest BCUT2D eigenvalue weighted by molar-refractivity contribution is -0.136. The van der Waals surface area contributed by atoms with Gasteiger partial charge in [-0.1, -0.05) is 6.07 Å². The second-order valence-corrected chi connectivity index (χ2v) is 8.06. The van der Waals surface area contributed by atoms with Gasteiger partial charge in [0.2, 0.25) is 11.8 Å². The van der Waals surface area contributed by atoms with Gasteiger partial charge in [0.1, 0.15) is 11.9 Å². The van der Waals surface area contributed by atoms with E-state index in [0.29, 0.717) is 6.54 Å². The van der Waals surface area contributed by atoms with E-state index in [4.69, 9.17) is 0 Å². The van der Waals surface area contributed by atoms with Crippen molar-refractivity contribution in [3.05, 3.63) is 41.0 Å². The fourth-order valence-corrected chi connectivity index (χ4v) is 4.28. The van der Waals surface area contributed by atoms with Crippen molar-refractivity contribution in [3.63, 3.8) is 0 Å². The first-order valence-electron chi connectivity index (χ1n) is 10.6. The maximum absolute atomic E-state index is 12.9. The minimum atomic E-state index is -0.963. The monoisotopic (exact) mass is 437 g/mol. The van der Waals surface area contributed by atoms with Gasteiger partial charge in [-0.2, -0.15) is 5.10 Å². The Balaban J connectivity index is 1.27. The lowest BCUT2D eigenvalue weighted by Gasteiger charge is -2.27. The van der Waals surface area contributed by atoms with Gasteiger partial charge in [0.25, 0.3) is 11.8 Å². The second-order valence-electron chi connectivity index (χ2n) is 8.06. The summed E-state index contributed by atoms with van der Waals surface area (Å²) < 4.78 is 0. The van der Waals surface area contributed by atoms with E-state index in [9.17, 15) is 19.2 Å². The van der Waals surface area contributed by atoms with Crippen LogP contribution in [-0.4, -0.2) is 70.9 Å². The number of aromatic nitrogens is 2. The third kappa shape index (κ3) is 3.60. The Morgan fingerprint density at radius 2 is 1.81 bits per heavy atom. The molecule has 2 saturated heterocycles. The van der Waals surface area contributed by atoms with Crippen molar-refractivity contribution in [2.24, 2.45) is 0 Å².